The van der Waals surface area contributed by atoms with Crippen molar-refractivity contribution in [3.63, 3.8) is 0 Å². The van der Waals surface area contributed by atoms with Crippen LogP contribution in [0.2, 0.25) is 0 Å². The second-order valence-electron chi connectivity index (χ2n) is 4.42. The van der Waals surface area contributed by atoms with E-state index in [4.69, 9.17) is 9.26 Å². The molecule has 1 N–H and O–H groups in total. The fourth-order valence-corrected chi connectivity index (χ4v) is 2.78. The van der Waals surface area contributed by atoms with Crippen LogP contribution in [0.3, 0.4) is 0 Å². The lowest BCUT2D eigenvalue weighted by atomic mass is 10.3. The maximum atomic E-state index is 12.1. The number of ether oxygens (including phenoxy) is 1. The molecule has 1 aliphatic rings. The summed E-state index contributed by atoms with van der Waals surface area (Å²) < 4.78 is 38.0. The SMILES string of the molecule is Cc1nc(NS(=O)(=O)c2cnn(C3CCOC3)c2)no1. The van der Waals surface area contributed by atoms with Crippen molar-refractivity contribution < 1.29 is 17.7 Å². The summed E-state index contributed by atoms with van der Waals surface area (Å²) in [5.74, 6) is 0.181. The molecular formula is C10H13N5O4S. The third kappa shape index (κ3) is 2.51. The highest BCUT2D eigenvalue weighted by Gasteiger charge is 2.23. The molecule has 1 aliphatic heterocycles. The summed E-state index contributed by atoms with van der Waals surface area (Å²) in [6.45, 7) is 2.77. The van der Waals surface area contributed by atoms with Gasteiger partial charge >= 0.3 is 0 Å². The zero-order chi connectivity index (χ0) is 14.2. The van der Waals surface area contributed by atoms with Crippen LogP contribution in [0.4, 0.5) is 5.95 Å². The van der Waals surface area contributed by atoms with Crippen LogP contribution >= 0.6 is 0 Å². The minimum absolute atomic E-state index is 0.0480. The van der Waals surface area contributed by atoms with Gasteiger partial charge in [0.1, 0.15) is 4.90 Å². The van der Waals surface area contributed by atoms with Crippen LogP contribution in [0, 0.1) is 6.92 Å². The quantitative estimate of drug-likeness (QED) is 0.866. The van der Waals surface area contributed by atoms with Crippen LogP contribution in [0.25, 0.3) is 0 Å². The van der Waals surface area contributed by atoms with Crippen molar-refractivity contribution in [2.45, 2.75) is 24.3 Å². The van der Waals surface area contributed by atoms with Gasteiger partial charge in [0.25, 0.3) is 16.0 Å². The van der Waals surface area contributed by atoms with Crippen molar-refractivity contribution >= 4 is 16.0 Å². The zero-order valence-electron chi connectivity index (χ0n) is 10.7. The predicted octanol–water partition coefficient (Wildman–Crippen LogP) is 0.337. The van der Waals surface area contributed by atoms with E-state index < -0.39 is 10.0 Å². The molecule has 0 saturated carbocycles. The van der Waals surface area contributed by atoms with E-state index >= 15 is 0 Å². The number of aromatic nitrogens is 4. The number of aryl methyl sites for hydroxylation is 1. The lowest BCUT2D eigenvalue weighted by Crippen LogP contribution is -2.14. The minimum atomic E-state index is -3.77. The first-order valence-corrected chi connectivity index (χ1v) is 7.48. The molecule has 10 heteroatoms. The molecule has 0 spiro atoms. The van der Waals surface area contributed by atoms with Gasteiger partial charge < -0.3 is 9.26 Å². The lowest BCUT2D eigenvalue weighted by molar-refractivity contribution is 0.184. The Morgan fingerprint density at radius 3 is 3.00 bits per heavy atom. The third-order valence-corrected chi connectivity index (χ3v) is 4.20. The van der Waals surface area contributed by atoms with E-state index in [1.54, 1.807) is 11.6 Å². The van der Waals surface area contributed by atoms with Gasteiger partial charge in [0.2, 0.25) is 5.89 Å². The van der Waals surface area contributed by atoms with Crippen molar-refractivity contribution in [1.82, 2.24) is 19.9 Å². The summed E-state index contributed by atoms with van der Waals surface area (Å²) in [4.78, 5) is 3.84. The molecule has 0 amide bonds. The van der Waals surface area contributed by atoms with Crippen molar-refractivity contribution in [1.29, 1.82) is 0 Å². The monoisotopic (exact) mass is 299 g/mol. The predicted molar refractivity (Wildman–Crippen MR) is 66.5 cm³/mol. The Balaban J connectivity index is 1.80. The highest BCUT2D eigenvalue weighted by Crippen LogP contribution is 2.20. The largest absolute Gasteiger partial charge is 0.379 e. The van der Waals surface area contributed by atoms with Gasteiger partial charge in [-0.15, -0.1) is 0 Å². The molecule has 1 unspecified atom stereocenters. The van der Waals surface area contributed by atoms with Gasteiger partial charge in [-0.1, -0.05) is 0 Å². The lowest BCUT2D eigenvalue weighted by Gasteiger charge is -2.06. The Morgan fingerprint density at radius 1 is 1.50 bits per heavy atom. The second-order valence-corrected chi connectivity index (χ2v) is 6.10. The number of rotatable bonds is 4. The maximum absolute atomic E-state index is 12.1. The fraction of sp³-hybridized carbons (Fsp3) is 0.500. The normalized spacial score (nSPS) is 19.4. The zero-order valence-corrected chi connectivity index (χ0v) is 11.5. The molecule has 108 valence electrons. The molecule has 20 heavy (non-hydrogen) atoms. The van der Waals surface area contributed by atoms with E-state index in [1.165, 1.54) is 12.4 Å². The topological polar surface area (TPSA) is 112 Å². The molecule has 1 fully saturated rings. The molecule has 0 aliphatic carbocycles. The van der Waals surface area contributed by atoms with E-state index in [-0.39, 0.29) is 22.8 Å². The Hall–Kier alpha value is -1.94. The number of anilines is 1. The molecule has 0 bridgehead atoms. The molecule has 3 heterocycles. The maximum Gasteiger partial charge on any atom is 0.277 e. The summed E-state index contributed by atoms with van der Waals surface area (Å²) in [6, 6.07) is 0.0753. The molecule has 1 saturated heterocycles. The van der Waals surface area contributed by atoms with Gasteiger partial charge in [0.05, 0.1) is 18.8 Å². The van der Waals surface area contributed by atoms with Crippen molar-refractivity contribution in [2.24, 2.45) is 0 Å². The molecule has 2 aromatic rings. The molecule has 1 atom stereocenters. The highest BCUT2D eigenvalue weighted by molar-refractivity contribution is 7.92. The van der Waals surface area contributed by atoms with Crippen LogP contribution in [0.1, 0.15) is 18.4 Å². The standard InChI is InChI=1S/C10H13N5O4S/c1-7-12-10(13-19-7)14-20(16,17)9-4-11-15(5-9)8-2-3-18-6-8/h4-5,8H,2-3,6H2,1H3,(H,13,14). The van der Waals surface area contributed by atoms with Gasteiger partial charge in [-0.25, -0.2) is 13.1 Å². The van der Waals surface area contributed by atoms with E-state index in [0.717, 1.165) is 6.42 Å². The summed E-state index contributed by atoms with van der Waals surface area (Å²) in [5.41, 5.74) is 0. The Kier molecular flexibility index (Phi) is 3.18. The van der Waals surface area contributed by atoms with Crippen molar-refractivity contribution in [3.8, 4) is 0 Å². The Labute approximate surface area is 115 Å². The van der Waals surface area contributed by atoms with E-state index in [0.29, 0.717) is 13.2 Å². The summed E-state index contributed by atoms with van der Waals surface area (Å²) in [5, 5.41) is 7.55. The molecule has 2 aromatic heterocycles. The summed E-state index contributed by atoms with van der Waals surface area (Å²) >= 11 is 0. The number of nitrogens with one attached hydrogen (secondary N) is 1. The smallest absolute Gasteiger partial charge is 0.277 e. The number of hydrogen-bond donors (Lipinski definition) is 1. The van der Waals surface area contributed by atoms with Crippen LogP contribution in [0.15, 0.2) is 21.8 Å². The fourth-order valence-electron chi connectivity index (χ4n) is 1.91. The van der Waals surface area contributed by atoms with E-state index in [1.807, 2.05) is 0 Å². The van der Waals surface area contributed by atoms with Crippen LogP contribution in [-0.4, -0.2) is 41.6 Å². The Morgan fingerprint density at radius 2 is 2.35 bits per heavy atom. The Bertz CT molecular complexity index is 701. The second kappa shape index (κ2) is 4.87. The van der Waals surface area contributed by atoms with E-state index in [9.17, 15) is 8.42 Å². The molecule has 0 aromatic carbocycles. The number of nitrogens with zero attached hydrogens (tertiary/aromatic N) is 4. The number of hydrogen-bond acceptors (Lipinski definition) is 7. The first kappa shape index (κ1) is 13.1. The average molecular weight is 299 g/mol. The first-order valence-electron chi connectivity index (χ1n) is 5.99. The van der Waals surface area contributed by atoms with Gasteiger partial charge in [0, 0.05) is 19.7 Å². The van der Waals surface area contributed by atoms with E-state index in [2.05, 4.69) is 20.0 Å². The third-order valence-electron chi connectivity index (χ3n) is 2.92. The molecular weight excluding hydrogens is 286 g/mol. The molecule has 0 radical (unpaired) electrons. The van der Waals surface area contributed by atoms with Gasteiger partial charge in [-0.05, 0) is 11.6 Å². The summed E-state index contributed by atoms with van der Waals surface area (Å²) in [7, 11) is -3.77. The summed E-state index contributed by atoms with van der Waals surface area (Å²) in [6.07, 6.45) is 3.57. The van der Waals surface area contributed by atoms with Gasteiger partial charge in [0.15, 0.2) is 0 Å². The first-order chi connectivity index (χ1) is 9.54. The van der Waals surface area contributed by atoms with Gasteiger partial charge in [-0.2, -0.15) is 10.1 Å². The van der Waals surface area contributed by atoms with Gasteiger partial charge in [-0.3, -0.25) is 4.68 Å². The van der Waals surface area contributed by atoms with Crippen LogP contribution in [0.5, 0.6) is 0 Å². The van der Waals surface area contributed by atoms with Crippen LogP contribution < -0.4 is 4.72 Å². The van der Waals surface area contributed by atoms with Crippen molar-refractivity contribution in [2.75, 3.05) is 17.9 Å². The average Bonchev–Trinajstić information content (AvgIpc) is 3.06. The molecule has 9 nitrogen and oxygen atoms in total. The molecule has 3 rings (SSSR count). The minimum Gasteiger partial charge on any atom is -0.379 e. The van der Waals surface area contributed by atoms with Crippen molar-refractivity contribution in [3.05, 3.63) is 18.3 Å². The highest BCUT2D eigenvalue weighted by atomic mass is 32.2. The van der Waals surface area contributed by atoms with Crippen LogP contribution in [-0.2, 0) is 14.8 Å². The number of sulfonamides is 1.